The molecule has 0 aromatic heterocycles. The molecule has 0 aliphatic heterocycles. The average Bonchev–Trinajstić information content (AvgIpc) is 2.54. The molecule has 0 radical (unpaired) electrons. The predicted octanol–water partition coefficient (Wildman–Crippen LogP) is 2.65. The Morgan fingerprint density at radius 3 is 2.32 bits per heavy atom. The van der Waals surface area contributed by atoms with Gasteiger partial charge in [-0.05, 0) is 36.8 Å². The second-order valence-electron chi connectivity index (χ2n) is 4.89. The van der Waals surface area contributed by atoms with E-state index in [1.54, 1.807) is 24.3 Å². The smallest absolute Gasteiger partial charge is 0.179 e. The van der Waals surface area contributed by atoms with E-state index in [-0.39, 0.29) is 5.75 Å². The molecular weight excluding hydrogens is 298 g/mol. The maximum absolute atomic E-state index is 12.1. The van der Waals surface area contributed by atoms with Gasteiger partial charge in [-0.25, -0.2) is 8.42 Å². The zero-order chi connectivity index (χ0) is 15.8. The summed E-state index contributed by atoms with van der Waals surface area (Å²) in [6, 6.07) is 16.3. The van der Waals surface area contributed by atoms with Crippen LogP contribution in [0, 0.1) is 0 Å². The predicted molar refractivity (Wildman–Crippen MR) is 87.8 cm³/mol. The van der Waals surface area contributed by atoms with Crippen molar-refractivity contribution in [2.24, 2.45) is 0 Å². The van der Waals surface area contributed by atoms with Crippen LogP contribution in [0.25, 0.3) is 0 Å². The van der Waals surface area contributed by atoms with Crippen molar-refractivity contribution in [1.29, 1.82) is 0 Å². The fourth-order valence-electron chi connectivity index (χ4n) is 2.06. The molecule has 0 saturated heterocycles. The summed E-state index contributed by atoms with van der Waals surface area (Å²) in [6.45, 7) is 3.65. The Hall–Kier alpha value is -1.85. The lowest BCUT2D eigenvalue weighted by Crippen LogP contribution is -2.22. The third kappa shape index (κ3) is 4.86. The molecule has 0 spiro atoms. The highest BCUT2D eigenvalue weighted by molar-refractivity contribution is 7.91. The molecule has 0 bridgehead atoms. The molecule has 1 N–H and O–H groups in total. The normalized spacial score (nSPS) is 11.3. The van der Waals surface area contributed by atoms with Gasteiger partial charge in [-0.3, -0.25) is 0 Å². The van der Waals surface area contributed by atoms with E-state index in [9.17, 15) is 8.42 Å². The van der Waals surface area contributed by atoms with Crippen LogP contribution in [0.3, 0.4) is 0 Å². The van der Waals surface area contributed by atoms with Gasteiger partial charge in [0.1, 0.15) is 5.75 Å². The zero-order valence-corrected chi connectivity index (χ0v) is 13.5. The first-order valence-corrected chi connectivity index (χ1v) is 8.97. The van der Waals surface area contributed by atoms with Gasteiger partial charge < -0.3 is 10.1 Å². The Morgan fingerprint density at radius 1 is 1.00 bits per heavy atom. The van der Waals surface area contributed by atoms with Crippen LogP contribution in [-0.2, 0) is 16.4 Å². The van der Waals surface area contributed by atoms with Gasteiger partial charge >= 0.3 is 0 Å². The van der Waals surface area contributed by atoms with Gasteiger partial charge in [-0.15, -0.1) is 0 Å². The van der Waals surface area contributed by atoms with Gasteiger partial charge in [-0.1, -0.05) is 30.3 Å². The van der Waals surface area contributed by atoms with Crippen LogP contribution in [0.15, 0.2) is 59.5 Å². The maximum atomic E-state index is 12.1. The van der Waals surface area contributed by atoms with Gasteiger partial charge in [-0.2, -0.15) is 0 Å². The lowest BCUT2D eigenvalue weighted by Gasteiger charge is -2.07. The highest BCUT2D eigenvalue weighted by Gasteiger charge is 2.12. The molecule has 0 aliphatic carbocycles. The summed E-state index contributed by atoms with van der Waals surface area (Å²) in [4.78, 5) is 0.373. The number of rotatable bonds is 8. The summed E-state index contributed by atoms with van der Waals surface area (Å²) in [7, 11) is -3.21. The number of hydrogen-bond acceptors (Lipinski definition) is 4. The van der Waals surface area contributed by atoms with Crippen molar-refractivity contribution in [2.45, 2.75) is 18.4 Å². The van der Waals surface area contributed by atoms with Crippen molar-refractivity contribution in [2.75, 3.05) is 18.9 Å². The topological polar surface area (TPSA) is 55.4 Å². The zero-order valence-electron chi connectivity index (χ0n) is 12.7. The summed E-state index contributed by atoms with van der Waals surface area (Å²) < 4.78 is 29.6. The summed E-state index contributed by atoms with van der Waals surface area (Å²) >= 11 is 0. The highest BCUT2D eigenvalue weighted by atomic mass is 32.2. The SMILES string of the molecule is CCOc1ccc(CNCCS(=O)(=O)c2ccccc2)cc1. The molecule has 0 amide bonds. The minimum absolute atomic E-state index is 0.0913. The van der Waals surface area contributed by atoms with Gasteiger partial charge in [0.15, 0.2) is 9.84 Å². The molecule has 22 heavy (non-hydrogen) atoms. The summed E-state index contributed by atoms with van der Waals surface area (Å²) in [6.07, 6.45) is 0. The van der Waals surface area contributed by atoms with Gasteiger partial charge in [0.2, 0.25) is 0 Å². The largest absolute Gasteiger partial charge is 0.494 e. The molecule has 2 rings (SSSR count). The summed E-state index contributed by atoms with van der Waals surface area (Å²) in [5.41, 5.74) is 1.10. The van der Waals surface area contributed by atoms with E-state index in [2.05, 4.69) is 5.32 Å². The molecule has 0 aliphatic rings. The Kier molecular flexibility index (Phi) is 5.98. The van der Waals surface area contributed by atoms with Gasteiger partial charge in [0, 0.05) is 13.1 Å². The molecule has 0 fully saturated rings. The number of benzene rings is 2. The van der Waals surface area contributed by atoms with E-state index in [0.29, 0.717) is 24.6 Å². The summed E-state index contributed by atoms with van der Waals surface area (Å²) in [5, 5.41) is 3.16. The van der Waals surface area contributed by atoms with Crippen molar-refractivity contribution in [3.05, 3.63) is 60.2 Å². The minimum Gasteiger partial charge on any atom is -0.494 e. The van der Waals surface area contributed by atoms with Crippen molar-refractivity contribution < 1.29 is 13.2 Å². The monoisotopic (exact) mass is 319 g/mol. The Labute approximate surface area is 132 Å². The fourth-order valence-corrected chi connectivity index (χ4v) is 3.28. The third-order valence-corrected chi connectivity index (χ3v) is 4.95. The van der Waals surface area contributed by atoms with E-state index in [0.717, 1.165) is 11.3 Å². The first-order valence-electron chi connectivity index (χ1n) is 7.32. The third-order valence-electron chi connectivity index (χ3n) is 3.21. The van der Waals surface area contributed by atoms with Crippen LogP contribution in [-0.4, -0.2) is 27.3 Å². The molecule has 0 unspecified atom stereocenters. The maximum Gasteiger partial charge on any atom is 0.179 e. The molecule has 5 heteroatoms. The molecular formula is C17H21NO3S. The Balaban J connectivity index is 1.79. The quantitative estimate of drug-likeness (QED) is 0.760. The molecule has 2 aromatic rings. The molecule has 0 saturated carbocycles. The minimum atomic E-state index is -3.21. The first-order chi connectivity index (χ1) is 10.6. The van der Waals surface area contributed by atoms with Crippen LogP contribution < -0.4 is 10.1 Å². The summed E-state index contributed by atoms with van der Waals surface area (Å²) in [5.74, 6) is 0.937. The van der Waals surface area contributed by atoms with E-state index in [1.807, 2.05) is 37.3 Å². The molecule has 118 valence electrons. The van der Waals surface area contributed by atoms with Crippen molar-refractivity contribution in [3.63, 3.8) is 0 Å². The van der Waals surface area contributed by atoms with Crippen LogP contribution in [0.5, 0.6) is 5.75 Å². The van der Waals surface area contributed by atoms with Crippen molar-refractivity contribution >= 4 is 9.84 Å². The lowest BCUT2D eigenvalue weighted by atomic mass is 10.2. The second-order valence-corrected chi connectivity index (χ2v) is 6.99. The van der Waals surface area contributed by atoms with E-state index in [4.69, 9.17) is 4.74 Å². The van der Waals surface area contributed by atoms with E-state index < -0.39 is 9.84 Å². The van der Waals surface area contributed by atoms with Gasteiger partial charge in [0.25, 0.3) is 0 Å². The number of nitrogens with one attached hydrogen (secondary N) is 1. The Morgan fingerprint density at radius 2 is 1.68 bits per heavy atom. The van der Waals surface area contributed by atoms with E-state index >= 15 is 0 Å². The van der Waals surface area contributed by atoms with Crippen LogP contribution in [0.2, 0.25) is 0 Å². The van der Waals surface area contributed by atoms with Crippen LogP contribution in [0.1, 0.15) is 12.5 Å². The Bertz CT molecular complexity index is 667. The van der Waals surface area contributed by atoms with Crippen molar-refractivity contribution in [1.82, 2.24) is 5.32 Å². The number of ether oxygens (including phenoxy) is 1. The average molecular weight is 319 g/mol. The molecule has 0 heterocycles. The molecule has 4 nitrogen and oxygen atoms in total. The standard InChI is InChI=1S/C17H21NO3S/c1-2-21-16-10-8-15(9-11-16)14-18-12-13-22(19,20)17-6-4-3-5-7-17/h3-11,18H,2,12-14H2,1H3. The first kappa shape index (κ1) is 16.5. The van der Waals surface area contributed by atoms with E-state index in [1.165, 1.54) is 0 Å². The van der Waals surface area contributed by atoms with Crippen LogP contribution >= 0.6 is 0 Å². The van der Waals surface area contributed by atoms with Crippen molar-refractivity contribution in [3.8, 4) is 5.75 Å². The highest BCUT2D eigenvalue weighted by Crippen LogP contribution is 2.12. The molecule has 0 atom stereocenters. The lowest BCUT2D eigenvalue weighted by molar-refractivity contribution is 0.340. The fraction of sp³-hybridized carbons (Fsp3) is 0.294. The number of hydrogen-bond donors (Lipinski definition) is 1. The number of sulfone groups is 1. The second kappa shape index (κ2) is 7.96. The molecule has 2 aromatic carbocycles. The van der Waals surface area contributed by atoms with Crippen LogP contribution in [0.4, 0.5) is 0 Å². The van der Waals surface area contributed by atoms with Gasteiger partial charge in [0.05, 0.1) is 17.3 Å².